The molecule has 0 aromatic heterocycles. The van der Waals surface area contributed by atoms with Gasteiger partial charge in [0.1, 0.15) is 0 Å². The van der Waals surface area contributed by atoms with Gasteiger partial charge < -0.3 is 27.0 Å². The molecule has 9 rings (SSSR count). The summed E-state index contributed by atoms with van der Waals surface area (Å²) in [5.74, 6) is 0.641. The normalized spacial score (nSPS) is 17.7. The summed E-state index contributed by atoms with van der Waals surface area (Å²) in [5.41, 5.74) is 23.7. The van der Waals surface area contributed by atoms with Gasteiger partial charge in [0.2, 0.25) is 0 Å². The molecule has 0 spiro atoms. The minimum absolute atomic E-state index is 0.0964. The van der Waals surface area contributed by atoms with E-state index in [9.17, 15) is 0 Å². The van der Waals surface area contributed by atoms with E-state index in [4.69, 9.17) is 0 Å². The first kappa shape index (κ1) is 63.1. The topological polar surface area (TPSA) is 86.2 Å². The molecule has 6 aromatic rings. The summed E-state index contributed by atoms with van der Waals surface area (Å²) in [4.78, 5) is 0. The summed E-state index contributed by atoms with van der Waals surface area (Å²) < 4.78 is 0. The van der Waals surface area contributed by atoms with E-state index in [0.717, 1.165) is 50.0 Å². The van der Waals surface area contributed by atoms with E-state index in [-0.39, 0.29) is 6.17 Å². The number of anilines is 1. The lowest BCUT2D eigenvalue weighted by Gasteiger charge is -2.21. The maximum atomic E-state index is 4.50. The van der Waals surface area contributed by atoms with Crippen LogP contribution in [0.3, 0.4) is 0 Å². The Balaban J connectivity index is 0.000000217. The highest BCUT2D eigenvalue weighted by molar-refractivity contribution is 5.82. The molecular weight excluding hydrogens is 997 g/mol. The second-order valence-corrected chi connectivity index (χ2v) is 20.5. The van der Waals surface area contributed by atoms with Crippen molar-refractivity contribution in [3.63, 3.8) is 0 Å². The van der Waals surface area contributed by atoms with Crippen molar-refractivity contribution >= 4 is 28.0 Å². The Kier molecular flexibility index (Phi) is 27.9. The summed E-state index contributed by atoms with van der Waals surface area (Å²) in [5, 5.41) is 17.5. The van der Waals surface area contributed by atoms with Crippen LogP contribution in [0.2, 0.25) is 0 Å². The van der Waals surface area contributed by atoms with Gasteiger partial charge in [0, 0.05) is 29.5 Å². The molecule has 6 heteroatoms. The molecule has 7 N–H and O–H groups in total. The fraction of sp³-hybridized carbons (Fsp3) is 0.237. The van der Waals surface area contributed by atoms with Gasteiger partial charge in [-0.3, -0.25) is 5.32 Å². The second kappa shape index (κ2) is 36.3. The molecule has 3 unspecified atom stereocenters. The summed E-state index contributed by atoms with van der Waals surface area (Å²) in [6.45, 7) is 11.8. The van der Waals surface area contributed by atoms with Crippen molar-refractivity contribution in [1.82, 2.24) is 21.3 Å². The van der Waals surface area contributed by atoms with Crippen LogP contribution in [0.1, 0.15) is 87.1 Å². The maximum absolute atomic E-state index is 4.50. The van der Waals surface area contributed by atoms with Crippen LogP contribution in [0, 0.1) is 5.92 Å². The number of benzene rings is 6. The van der Waals surface area contributed by atoms with E-state index >= 15 is 0 Å². The minimum Gasteiger partial charge on any atom is -0.383 e. The fourth-order valence-corrected chi connectivity index (χ4v) is 10.2. The van der Waals surface area contributed by atoms with E-state index in [0.29, 0.717) is 18.6 Å². The zero-order valence-electron chi connectivity index (χ0n) is 49.6. The Hall–Kier alpha value is -8.10. The lowest BCUT2D eigenvalue weighted by atomic mass is 9.90. The molecule has 0 saturated carbocycles. The molecule has 3 atom stereocenters. The summed E-state index contributed by atoms with van der Waals surface area (Å²) in [6.07, 6.45) is 38.5. The fourth-order valence-electron chi connectivity index (χ4n) is 10.2. The Bertz CT molecular complexity index is 3170. The van der Waals surface area contributed by atoms with Gasteiger partial charge >= 0.3 is 0 Å². The van der Waals surface area contributed by atoms with E-state index in [1.807, 2.05) is 39.2 Å². The molecular formula is C76H90N6. The molecule has 0 amide bonds. The van der Waals surface area contributed by atoms with Gasteiger partial charge in [-0.05, 0) is 184 Å². The van der Waals surface area contributed by atoms with Crippen molar-refractivity contribution in [3.8, 4) is 11.1 Å². The Morgan fingerprint density at radius 1 is 0.646 bits per heavy atom. The van der Waals surface area contributed by atoms with Gasteiger partial charge in [-0.15, -0.1) is 6.58 Å². The highest BCUT2D eigenvalue weighted by Crippen LogP contribution is 2.33. The number of nitrogens with two attached hydrogens (primary N) is 1. The molecule has 0 aliphatic heterocycles. The van der Waals surface area contributed by atoms with Crippen molar-refractivity contribution in [2.24, 2.45) is 11.7 Å². The van der Waals surface area contributed by atoms with Crippen LogP contribution >= 0.6 is 0 Å². The number of para-hydroxylation sites is 1. The van der Waals surface area contributed by atoms with E-state index in [2.05, 4.69) is 289 Å². The standard InChI is InChI=1S/C37H43N3.C22H24N2.C16H18.CH5N/c1-5-6-15-29(3)37(38-4)40-27-39-36-23-12-8-11-22-35(36)33-21-14-20-32(26-33)30-19-13-16-28(2)34(25-24-30)31-17-9-7-10-18-31;1-23-22(17-24-21-13-6-3-7-14-21)16-18-9-8-12-20(15-18)19-10-4-2-5-11-19;1-2-8-14-9-6-7-12-16(13-14)15-10-4-3-5-11-15;1-2/h5-7,9-18,20-24,26,37-40H,8,19,25,27H2,1-4H3;2-15,22-24H,16-17H2,1H3;2-5,7,10-14H,1,6,8-9H2;2H2,1H3/b6-5-,16-13-,29-15+,30-24+,34-28+;;;. The summed E-state index contributed by atoms with van der Waals surface area (Å²) in [7, 11) is 5.51. The predicted octanol–water partition coefficient (Wildman–Crippen LogP) is 17.1. The molecule has 6 aromatic carbocycles. The molecule has 0 radical (unpaired) electrons. The number of nitrogens with one attached hydrogen (secondary N) is 5. The first-order chi connectivity index (χ1) is 40.3. The van der Waals surface area contributed by atoms with Crippen LogP contribution < -0.4 is 32.3 Å². The van der Waals surface area contributed by atoms with Crippen molar-refractivity contribution in [2.75, 3.05) is 39.7 Å². The number of hydrogen-bond donors (Lipinski definition) is 6. The minimum atomic E-state index is 0.0964. The molecule has 3 aliphatic rings. The van der Waals surface area contributed by atoms with Crippen molar-refractivity contribution in [2.45, 2.75) is 77.9 Å². The third kappa shape index (κ3) is 20.8. The van der Waals surface area contributed by atoms with Gasteiger partial charge in [0.25, 0.3) is 0 Å². The van der Waals surface area contributed by atoms with E-state index in [1.54, 1.807) is 0 Å². The first-order valence-corrected chi connectivity index (χ1v) is 29.3. The molecule has 6 nitrogen and oxygen atoms in total. The lowest BCUT2D eigenvalue weighted by Crippen LogP contribution is -2.45. The largest absolute Gasteiger partial charge is 0.383 e. The smallest absolute Gasteiger partial charge is 0.0805 e. The average Bonchev–Trinajstić information content (AvgIpc) is 3.93. The Morgan fingerprint density at radius 3 is 1.99 bits per heavy atom. The summed E-state index contributed by atoms with van der Waals surface area (Å²) >= 11 is 0. The van der Waals surface area contributed by atoms with Gasteiger partial charge in [0.15, 0.2) is 0 Å². The third-order valence-corrected chi connectivity index (χ3v) is 14.7. The van der Waals surface area contributed by atoms with Crippen molar-refractivity contribution in [3.05, 3.63) is 306 Å². The monoisotopic (exact) mass is 1090 g/mol. The second-order valence-electron chi connectivity index (χ2n) is 20.5. The number of allylic oxidation sites excluding steroid dienone is 19. The lowest BCUT2D eigenvalue weighted by molar-refractivity contribution is 0.495. The molecule has 424 valence electrons. The first-order valence-electron chi connectivity index (χ1n) is 29.3. The molecule has 0 saturated heterocycles. The number of rotatable bonds is 20. The molecule has 82 heavy (non-hydrogen) atoms. The van der Waals surface area contributed by atoms with Crippen LogP contribution in [-0.4, -0.2) is 46.6 Å². The molecule has 0 bridgehead atoms. The van der Waals surface area contributed by atoms with Crippen molar-refractivity contribution in [1.29, 1.82) is 0 Å². The summed E-state index contributed by atoms with van der Waals surface area (Å²) in [6, 6.07) is 60.4. The Morgan fingerprint density at radius 2 is 1.29 bits per heavy atom. The predicted molar refractivity (Wildman–Crippen MR) is 359 cm³/mol. The zero-order chi connectivity index (χ0) is 58.0. The van der Waals surface area contributed by atoms with Gasteiger partial charge in [-0.2, -0.15) is 0 Å². The van der Waals surface area contributed by atoms with Crippen molar-refractivity contribution < 1.29 is 0 Å². The van der Waals surface area contributed by atoms with Gasteiger partial charge in [0.05, 0.1) is 12.8 Å². The van der Waals surface area contributed by atoms with E-state index < -0.39 is 0 Å². The molecule has 0 fully saturated rings. The molecule has 3 aliphatic carbocycles. The molecule has 0 heterocycles. The third-order valence-electron chi connectivity index (χ3n) is 14.7. The number of hydrogen-bond acceptors (Lipinski definition) is 6. The van der Waals surface area contributed by atoms with Crippen LogP contribution in [-0.2, 0) is 6.42 Å². The zero-order valence-corrected chi connectivity index (χ0v) is 49.6. The van der Waals surface area contributed by atoms with E-state index in [1.165, 1.54) is 92.3 Å². The maximum Gasteiger partial charge on any atom is 0.0805 e. The SMILES string of the molecule is C/C=C\C=C(/C)C(NC)NCNC1=C(c2cccc(/C3=C/C/C(c4ccccc4)=C(C)\C=C/C3)c2)C=CCC=C1.C=CCC1C=C(c2ccccc2)C=CCC1.CN.CNC(CNc1ccccc1)Cc1cccc(-c2ccccc2)c1. The Labute approximate surface area is 493 Å². The highest BCUT2D eigenvalue weighted by Gasteiger charge is 2.14. The van der Waals surface area contributed by atoms with Crippen LogP contribution in [0.25, 0.3) is 33.4 Å². The average molecular weight is 1090 g/mol. The highest BCUT2D eigenvalue weighted by atomic mass is 15.2. The van der Waals surface area contributed by atoms with Crippen LogP contribution in [0.15, 0.2) is 278 Å². The van der Waals surface area contributed by atoms with Gasteiger partial charge in [-0.25, -0.2) is 0 Å². The van der Waals surface area contributed by atoms with Crippen LogP contribution in [0.5, 0.6) is 0 Å². The van der Waals surface area contributed by atoms with Gasteiger partial charge in [-0.1, -0.05) is 231 Å². The quantitative estimate of drug-likeness (QED) is 0.0260. The van der Waals surface area contributed by atoms with Crippen LogP contribution in [0.4, 0.5) is 5.69 Å². The number of likely N-dealkylation sites (N-methyl/N-ethyl adjacent to an activating group) is 2.